The van der Waals surface area contributed by atoms with Crippen LogP contribution < -0.4 is 19.5 Å². The molecule has 0 saturated carbocycles. The number of benzene rings is 2. The van der Waals surface area contributed by atoms with Gasteiger partial charge in [-0.1, -0.05) is 0 Å². The summed E-state index contributed by atoms with van der Waals surface area (Å²) in [6.45, 7) is 0. The van der Waals surface area contributed by atoms with Crippen molar-refractivity contribution in [2.75, 3.05) is 32.8 Å². The molecule has 3 N–H and O–H groups in total. The van der Waals surface area contributed by atoms with Crippen LogP contribution in [0, 0.1) is 0 Å². The van der Waals surface area contributed by atoms with E-state index in [1.807, 2.05) is 0 Å². The summed E-state index contributed by atoms with van der Waals surface area (Å²) in [4.78, 5) is 17.1. The normalized spacial score (nSPS) is 11.9. The molecule has 0 amide bonds. The topological polar surface area (TPSA) is 174 Å². The molecule has 202 valence electrons. The fourth-order valence-corrected chi connectivity index (χ4v) is 4.43. The second kappa shape index (κ2) is 11.1. The predicted octanol–water partition coefficient (Wildman–Crippen LogP) is 2.34. The molecule has 17 heteroatoms. The van der Waals surface area contributed by atoms with E-state index in [4.69, 9.17) is 19.4 Å². The number of fused-ring (bicyclic) bond motifs is 1. The van der Waals surface area contributed by atoms with Crippen LogP contribution in [-0.2, 0) is 24.7 Å². The third-order valence-corrected chi connectivity index (χ3v) is 7.12. The number of aromatic nitrogens is 2. The Labute approximate surface area is 209 Å². The number of rotatable bonds is 7. The van der Waals surface area contributed by atoms with E-state index in [-0.39, 0.29) is 21.3 Å². The molecule has 0 bridgehead atoms. The van der Waals surface area contributed by atoms with E-state index < -0.39 is 32.0 Å². The van der Waals surface area contributed by atoms with Crippen molar-refractivity contribution in [3.05, 3.63) is 36.7 Å². The highest BCUT2D eigenvalue weighted by atomic mass is 32.2. The van der Waals surface area contributed by atoms with E-state index in [9.17, 15) is 30.0 Å². The van der Waals surface area contributed by atoms with Crippen LogP contribution in [0.3, 0.4) is 0 Å². The lowest BCUT2D eigenvalue weighted by molar-refractivity contribution is -0.192. The number of alkyl halides is 3. The lowest BCUT2D eigenvalue weighted by atomic mass is 10.2. The summed E-state index contributed by atoms with van der Waals surface area (Å²) in [5.74, 6) is -1.61. The van der Waals surface area contributed by atoms with Gasteiger partial charge in [0.05, 0.1) is 40.6 Å². The minimum atomic E-state index is -5.08. The van der Waals surface area contributed by atoms with Crippen molar-refractivity contribution in [2.45, 2.75) is 16.0 Å². The largest absolute Gasteiger partial charge is 0.497 e. The number of hydrogen-bond acceptors (Lipinski definition) is 10. The van der Waals surface area contributed by atoms with Gasteiger partial charge in [0.25, 0.3) is 0 Å². The van der Waals surface area contributed by atoms with Crippen LogP contribution in [0.25, 0.3) is 10.9 Å². The maximum atomic E-state index is 12.3. The molecular weight excluding hydrogens is 545 g/mol. The van der Waals surface area contributed by atoms with Gasteiger partial charge in [-0.15, -0.1) is 0 Å². The number of methoxy groups -OCH3 is 2. The van der Waals surface area contributed by atoms with Crippen molar-refractivity contribution in [1.29, 1.82) is 0 Å². The van der Waals surface area contributed by atoms with Gasteiger partial charge in [0.2, 0.25) is 10.0 Å². The number of ether oxygens (including phenoxy) is 2. The second-order valence-electron chi connectivity index (χ2n) is 7.01. The van der Waals surface area contributed by atoms with Crippen LogP contribution in [0.1, 0.15) is 0 Å². The number of nitrogens with zero attached hydrogens (tertiary/aromatic N) is 2. The SMILES string of the molecule is CNS(=O)(=O)c1ccc(S(C)(=O)=O)c(Nc2ncnc3cc(OC)cc(OC)c23)c1.O=C(O)C(F)(F)F. The summed E-state index contributed by atoms with van der Waals surface area (Å²) in [6, 6.07) is 6.98. The number of carboxylic acids is 1. The summed E-state index contributed by atoms with van der Waals surface area (Å²) in [5, 5.41) is 10.5. The van der Waals surface area contributed by atoms with Gasteiger partial charge in [0.15, 0.2) is 9.84 Å². The van der Waals surface area contributed by atoms with Crippen LogP contribution in [-0.4, -0.2) is 71.6 Å². The molecule has 3 rings (SSSR count). The summed E-state index contributed by atoms with van der Waals surface area (Å²) < 4.78 is 93.5. The van der Waals surface area contributed by atoms with Gasteiger partial charge in [-0.3, -0.25) is 0 Å². The molecular formula is C20H21F3N4O8S2. The van der Waals surface area contributed by atoms with E-state index in [0.717, 1.165) is 6.26 Å². The standard InChI is InChI=1S/C18H20N4O6S2.C2HF3O2/c1-19-30(25,26)12-5-6-16(29(4,23)24)13(9-12)22-18-17-14(20-10-21-18)7-11(27-2)8-15(17)28-3;3-2(4,5)1(6)7/h5-10,19H,1-4H3,(H,20,21,22);(H,6,7). The van der Waals surface area contributed by atoms with Gasteiger partial charge in [0, 0.05) is 18.4 Å². The Bertz CT molecular complexity index is 1530. The van der Waals surface area contributed by atoms with Gasteiger partial charge in [0.1, 0.15) is 23.6 Å². The van der Waals surface area contributed by atoms with E-state index in [1.54, 1.807) is 12.1 Å². The molecule has 0 atom stereocenters. The van der Waals surface area contributed by atoms with Crippen LogP contribution >= 0.6 is 0 Å². The molecule has 37 heavy (non-hydrogen) atoms. The summed E-state index contributed by atoms with van der Waals surface area (Å²) in [6.07, 6.45) is -2.76. The average Bonchev–Trinajstić information content (AvgIpc) is 2.82. The number of sulfone groups is 1. The van der Waals surface area contributed by atoms with E-state index in [0.29, 0.717) is 22.4 Å². The van der Waals surface area contributed by atoms with Gasteiger partial charge in [-0.05, 0) is 25.2 Å². The third kappa shape index (κ3) is 7.17. The number of sulfonamides is 1. The number of anilines is 2. The van der Waals surface area contributed by atoms with Crippen LogP contribution in [0.2, 0.25) is 0 Å². The van der Waals surface area contributed by atoms with E-state index in [2.05, 4.69) is 20.0 Å². The summed E-state index contributed by atoms with van der Waals surface area (Å²) in [7, 11) is -3.23. The molecule has 0 saturated heterocycles. The van der Waals surface area contributed by atoms with E-state index in [1.165, 1.54) is 45.8 Å². The fourth-order valence-electron chi connectivity index (χ4n) is 2.85. The van der Waals surface area contributed by atoms with Crippen LogP contribution in [0.4, 0.5) is 24.7 Å². The Morgan fingerprint density at radius 1 is 1.03 bits per heavy atom. The minimum Gasteiger partial charge on any atom is -0.497 e. The molecule has 0 unspecified atom stereocenters. The molecule has 0 aliphatic carbocycles. The van der Waals surface area contributed by atoms with Gasteiger partial charge < -0.3 is 19.9 Å². The van der Waals surface area contributed by atoms with Crippen molar-refractivity contribution in [2.24, 2.45) is 0 Å². The Balaban J connectivity index is 0.000000604. The highest BCUT2D eigenvalue weighted by Crippen LogP contribution is 2.36. The summed E-state index contributed by atoms with van der Waals surface area (Å²) >= 11 is 0. The van der Waals surface area contributed by atoms with Crippen LogP contribution in [0.15, 0.2) is 46.5 Å². The third-order valence-electron chi connectivity index (χ3n) is 4.56. The van der Waals surface area contributed by atoms with Crippen molar-refractivity contribution in [1.82, 2.24) is 14.7 Å². The second-order valence-corrected chi connectivity index (χ2v) is 10.9. The van der Waals surface area contributed by atoms with Crippen molar-refractivity contribution < 1.29 is 49.4 Å². The molecule has 1 heterocycles. The Kier molecular flexibility index (Phi) is 8.89. The molecule has 0 aliphatic heterocycles. The Morgan fingerprint density at radius 2 is 1.65 bits per heavy atom. The fraction of sp³-hybridized carbons (Fsp3) is 0.250. The van der Waals surface area contributed by atoms with Gasteiger partial charge in [-0.2, -0.15) is 13.2 Å². The van der Waals surface area contributed by atoms with E-state index >= 15 is 0 Å². The molecule has 0 fully saturated rings. The minimum absolute atomic E-state index is 0.0479. The number of halogens is 3. The zero-order chi connectivity index (χ0) is 28.2. The number of nitrogens with one attached hydrogen (secondary N) is 2. The predicted molar refractivity (Wildman–Crippen MR) is 125 cm³/mol. The molecule has 1 aromatic heterocycles. The molecule has 0 aliphatic rings. The number of aliphatic carboxylic acids is 1. The molecule has 12 nitrogen and oxygen atoms in total. The first-order chi connectivity index (χ1) is 17.0. The Hall–Kier alpha value is -3.70. The summed E-state index contributed by atoms with van der Waals surface area (Å²) in [5.41, 5.74) is 0.537. The molecule has 2 aromatic carbocycles. The first kappa shape index (κ1) is 29.5. The molecule has 0 radical (unpaired) electrons. The van der Waals surface area contributed by atoms with Gasteiger partial charge in [-0.25, -0.2) is 36.3 Å². The first-order valence-electron chi connectivity index (χ1n) is 9.76. The lowest BCUT2D eigenvalue weighted by Crippen LogP contribution is -2.21. The maximum absolute atomic E-state index is 12.3. The van der Waals surface area contributed by atoms with Crippen molar-refractivity contribution >= 4 is 48.2 Å². The quantitative estimate of drug-likeness (QED) is 0.383. The zero-order valence-corrected chi connectivity index (χ0v) is 21.2. The highest BCUT2D eigenvalue weighted by Gasteiger charge is 2.38. The zero-order valence-electron chi connectivity index (χ0n) is 19.6. The van der Waals surface area contributed by atoms with Gasteiger partial charge >= 0.3 is 12.1 Å². The first-order valence-corrected chi connectivity index (χ1v) is 13.1. The maximum Gasteiger partial charge on any atom is 0.490 e. The van der Waals surface area contributed by atoms with Crippen molar-refractivity contribution in [3.8, 4) is 11.5 Å². The average molecular weight is 567 g/mol. The van der Waals surface area contributed by atoms with Crippen molar-refractivity contribution in [3.63, 3.8) is 0 Å². The van der Waals surface area contributed by atoms with Crippen LogP contribution in [0.5, 0.6) is 11.5 Å². The Morgan fingerprint density at radius 3 is 2.14 bits per heavy atom. The lowest BCUT2D eigenvalue weighted by Gasteiger charge is -2.15. The monoisotopic (exact) mass is 566 g/mol. The number of carbonyl (C=O) groups is 1. The molecule has 0 spiro atoms. The molecule has 3 aromatic rings. The smallest absolute Gasteiger partial charge is 0.490 e. The highest BCUT2D eigenvalue weighted by molar-refractivity contribution is 7.91. The number of carboxylic acid groups (broad SMARTS) is 1. The number of hydrogen-bond donors (Lipinski definition) is 3.